The summed E-state index contributed by atoms with van der Waals surface area (Å²) < 4.78 is 43.8. The topological polar surface area (TPSA) is 86.8 Å². The molecule has 1 unspecified atom stereocenters. The number of nitrogens with zero attached hydrogens (tertiary/aromatic N) is 2. The molecule has 0 aliphatic heterocycles. The van der Waals surface area contributed by atoms with Crippen molar-refractivity contribution in [2.24, 2.45) is 0 Å². The van der Waals surface area contributed by atoms with Gasteiger partial charge < -0.3 is 10.2 Å². The van der Waals surface area contributed by atoms with Gasteiger partial charge in [0.05, 0.1) is 10.6 Å². The Bertz CT molecular complexity index is 1670. The van der Waals surface area contributed by atoms with Gasteiger partial charge in [-0.3, -0.25) is 13.9 Å². The van der Waals surface area contributed by atoms with Gasteiger partial charge in [-0.1, -0.05) is 89.4 Å². The molecule has 0 saturated carbocycles. The standard InChI is InChI=1S/C35H37BrFN3O4S/c1-3-4-22-38-35(42)33(23-27-8-6-5-7-9-27)39(24-28-12-16-30(37)17-13-28)34(41)25-40(31-18-14-29(36)15-19-31)45(43,44)32-20-10-26(2)11-21-32/h5-21,33H,3-4,22-25H2,1-2H3,(H,38,42). The van der Waals surface area contributed by atoms with Crippen molar-refractivity contribution in [2.75, 3.05) is 17.4 Å². The van der Waals surface area contributed by atoms with Crippen LogP contribution in [0, 0.1) is 12.7 Å². The molecule has 0 radical (unpaired) electrons. The van der Waals surface area contributed by atoms with Crippen LogP contribution in [-0.2, 0) is 32.6 Å². The number of hydrogen-bond acceptors (Lipinski definition) is 4. The SMILES string of the molecule is CCCCNC(=O)C(Cc1ccccc1)N(Cc1ccc(F)cc1)C(=O)CN(c1ccc(Br)cc1)S(=O)(=O)c1ccc(C)cc1. The molecule has 0 aliphatic rings. The number of halogens is 2. The van der Waals surface area contributed by atoms with Crippen LogP contribution in [0.1, 0.15) is 36.5 Å². The van der Waals surface area contributed by atoms with Crippen molar-refractivity contribution in [3.63, 3.8) is 0 Å². The highest BCUT2D eigenvalue weighted by Gasteiger charge is 2.34. The fourth-order valence-corrected chi connectivity index (χ4v) is 6.50. The predicted molar refractivity (Wildman–Crippen MR) is 179 cm³/mol. The highest BCUT2D eigenvalue weighted by atomic mass is 79.9. The van der Waals surface area contributed by atoms with Gasteiger partial charge in [-0.05, 0) is 73.0 Å². The third kappa shape index (κ3) is 9.25. The minimum Gasteiger partial charge on any atom is -0.354 e. The van der Waals surface area contributed by atoms with Crippen LogP contribution in [-0.4, -0.2) is 44.3 Å². The fourth-order valence-electron chi connectivity index (χ4n) is 4.82. The maximum Gasteiger partial charge on any atom is 0.264 e. The predicted octanol–water partition coefficient (Wildman–Crippen LogP) is 6.65. The van der Waals surface area contributed by atoms with Crippen LogP contribution in [0.4, 0.5) is 10.1 Å². The Morgan fingerprint density at radius 2 is 1.51 bits per heavy atom. The van der Waals surface area contributed by atoms with Crippen molar-refractivity contribution in [2.45, 2.75) is 50.6 Å². The first kappa shape index (κ1) is 33.9. The molecule has 0 bridgehead atoms. The third-order valence-electron chi connectivity index (χ3n) is 7.37. The Balaban J connectivity index is 1.78. The molecule has 4 aromatic rings. The number of benzene rings is 4. The van der Waals surface area contributed by atoms with Crippen LogP contribution in [0.3, 0.4) is 0 Å². The van der Waals surface area contributed by atoms with E-state index in [1.807, 2.05) is 44.2 Å². The molecule has 0 saturated heterocycles. The molecule has 0 aliphatic carbocycles. The van der Waals surface area contributed by atoms with Gasteiger partial charge >= 0.3 is 0 Å². The summed E-state index contributed by atoms with van der Waals surface area (Å²) in [6.07, 6.45) is 1.84. The molecule has 0 spiro atoms. The van der Waals surface area contributed by atoms with E-state index in [1.165, 1.54) is 29.2 Å². The molecule has 0 aromatic heterocycles. The molecule has 4 rings (SSSR count). The lowest BCUT2D eigenvalue weighted by molar-refractivity contribution is -0.140. The summed E-state index contributed by atoms with van der Waals surface area (Å²) in [5, 5.41) is 2.96. The van der Waals surface area contributed by atoms with Crippen molar-refractivity contribution in [3.05, 3.63) is 130 Å². The molecule has 10 heteroatoms. The molecular weight excluding hydrogens is 657 g/mol. The van der Waals surface area contributed by atoms with Gasteiger partial charge in [0.15, 0.2) is 0 Å². The number of aryl methyl sites for hydroxylation is 1. The van der Waals surface area contributed by atoms with E-state index in [0.29, 0.717) is 17.8 Å². The molecule has 0 heterocycles. The van der Waals surface area contributed by atoms with Crippen LogP contribution in [0.15, 0.2) is 112 Å². The normalized spacial score (nSPS) is 11.9. The van der Waals surface area contributed by atoms with Gasteiger partial charge in [0, 0.05) is 24.0 Å². The zero-order valence-electron chi connectivity index (χ0n) is 25.3. The van der Waals surface area contributed by atoms with E-state index >= 15 is 0 Å². The Labute approximate surface area is 273 Å². The summed E-state index contributed by atoms with van der Waals surface area (Å²) in [6, 6.07) is 27.1. The summed E-state index contributed by atoms with van der Waals surface area (Å²) in [7, 11) is -4.19. The minimum atomic E-state index is -4.19. The van der Waals surface area contributed by atoms with Crippen LogP contribution >= 0.6 is 15.9 Å². The number of amides is 2. The van der Waals surface area contributed by atoms with Crippen LogP contribution < -0.4 is 9.62 Å². The highest BCUT2D eigenvalue weighted by Crippen LogP contribution is 2.27. The lowest BCUT2D eigenvalue weighted by atomic mass is 10.0. The number of carbonyl (C=O) groups is 2. The zero-order valence-corrected chi connectivity index (χ0v) is 27.7. The van der Waals surface area contributed by atoms with Crippen LogP contribution in [0.5, 0.6) is 0 Å². The Kier molecular flexibility index (Phi) is 11.9. The number of carbonyl (C=O) groups excluding carboxylic acids is 2. The molecule has 45 heavy (non-hydrogen) atoms. The van der Waals surface area contributed by atoms with E-state index in [-0.39, 0.29) is 23.8 Å². The Morgan fingerprint density at radius 3 is 2.13 bits per heavy atom. The number of nitrogens with one attached hydrogen (secondary N) is 1. The Morgan fingerprint density at radius 1 is 0.867 bits per heavy atom. The first-order chi connectivity index (χ1) is 21.6. The van der Waals surface area contributed by atoms with E-state index in [0.717, 1.165) is 32.7 Å². The maximum absolute atomic E-state index is 14.4. The van der Waals surface area contributed by atoms with E-state index in [4.69, 9.17) is 0 Å². The van der Waals surface area contributed by atoms with Gasteiger partial charge in [-0.15, -0.1) is 0 Å². The minimum absolute atomic E-state index is 0.0312. The number of hydrogen-bond donors (Lipinski definition) is 1. The van der Waals surface area contributed by atoms with Gasteiger partial charge in [0.1, 0.15) is 18.4 Å². The molecule has 236 valence electrons. The Hall–Kier alpha value is -4.02. The second-order valence-electron chi connectivity index (χ2n) is 10.8. The average Bonchev–Trinajstić information content (AvgIpc) is 3.03. The van der Waals surface area contributed by atoms with Gasteiger partial charge in [0.2, 0.25) is 11.8 Å². The third-order valence-corrected chi connectivity index (χ3v) is 9.69. The molecule has 1 atom stereocenters. The molecule has 2 amide bonds. The van der Waals surface area contributed by atoms with Crippen LogP contribution in [0.25, 0.3) is 0 Å². The van der Waals surface area contributed by atoms with Gasteiger partial charge in [0.25, 0.3) is 10.0 Å². The maximum atomic E-state index is 14.4. The quantitative estimate of drug-likeness (QED) is 0.150. The van der Waals surface area contributed by atoms with E-state index in [2.05, 4.69) is 21.2 Å². The molecular formula is C35H37BrFN3O4S. The second-order valence-corrected chi connectivity index (χ2v) is 13.6. The molecule has 0 fully saturated rings. The summed E-state index contributed by atoms with van der Waals surface area (Å²) in [5.41, 5.74) is 2.62. The molecule has 1 N–H and O–H groups in total. The van der Waals surface area contributed by atoms with Crippen molar-refractivity contribution >= 4 is 43.5 Å². The lowest BCUT2D eigenvalue weighted by Gasteiger charge is -2.34. The van der Waals surface area contributed by atoms with Crippen molar-refractivity contribution in [1.82, 2.24) is 10.2 Å². The first-order valence-corrected chi connectivity index (χ1v) is 17.0. The van der Waals surface area contributed by atoms with Crippen LogP contribution in [0.2, 0.25) is 0 Å². The second kappa shape index (κ2) is 15.8. The van der Waals surface area contributed by atoms with Crippen molar-refractivity contribution in [1.29, 1.82) is 0 Å². The van der Waals surface area contributed by atoms with E-state index in [1.54, 1.807) is 48.5 Å². The van der Waals surface area contributed by atoms with E-state index < -0.39 is 34.3 Å². The number of rotatable bonds is 14. The van der Waals surface area contributed by atoms with Gasteiger partial charge in [-0.2, -0.15) is 0 Å². The summed E-state index contributed by atoms with van der Waals surface area (Å²) in [5.74, 6) is -1.36. The number of sulfonamides is 1. The summed E-state index contributed by atoms with van der Waals surface area (Å²) >= 11 is 3.39. The average molecular weight is 695 g/mol. The first-order valence-electron chi connectivity index (χ1n) is 14.8. The molecule has 4 aromatic carbocycles. The number of anilines is 1. The zero-order chi connectivity index (χ0) is 32.4. The monoisotopic (exact) mass is 693 g/mol. The number of unbranched alkanes of at least 4 members (excludes halogenated alkanes) is 1. The molecule has 7 nitrogen and oxygen atoms in total. The van der Waals surface area contributed by atoms with Gasteiger partial charge in [-0.25, -0.2) is 12.8 Å². The fraction of sp³-hybridized carbons (Fsp3) is 0.257. The summed E-state index contributed by atoms with van der Waals surface area (Å²) in [6.45, 7) is 3.72. The van der Waals surface area contributed by atoms with Crippen molar-refractivity contribution in [3.8, 4) is 0 Å². The summed E-state index contributed by atoms with van der Waals surface area (Å²) in [4.78, 5) is 29.6. The largest absolute Gasteiger partial charge is 0.354 e. The lowest BCUT2D eigenvalue weighted by Crippen LogP contribution is -2.53. The highest BCUT2D eigenvalue weighted by molar-refractivity contribution is 9.10. The van der Waals surface area contributed by atoms with Crippen molar-refractivity contribution < 1.29 is 22.4 Å². The smallest absolute Gasteiger partial charge is 0.264 e. The van der Waals surface area contributed by atoms with E-state index in [9.17, 15) is 22.4 Å².